The first kappa shape index (κ1) is 34.9. The van der Waals surface area contributed by atoms with E-state index in [0.29, 0.717) is 12.1 Å². The van der Waals surface area contributed by atoms with Crippen molar-refractivity contribution in [3.8, 4) is 0 Å². The van der Waals surface area contributed by atoms with E-state index in [4.69, 9.17) is 23.2 Å². The van der Waals surface area contributed by atoms with Gasteiger partial charge in [0.1, 0.15) is 18.4 Å². The van der Waals surface area contributed by atoms with Gasteiger partial charge in [0.2, 0.25) is 11.8 Å². The van der Waals surface area contributed by atoms with Crippen molar-refractivity contribution >= 4 is 50.7 Å². The van der Waals surface area contributed by atoms with E-state index in [-0.39, 0.29) is 39.5 Å². The molecule has 46 heavy (non-hydrogen) atoms. The molecule has 0 spiro atoms. The number of nitrogens with one attached hydrogen (secondary N) is 1. The lowest BCUT2D eigenvalue weighted by Crippen LogP contribution is -2.53. The molecule has 4 rings (SSSR count). The quantitative estimate of drug-likeness (QED) is 0.143. The Hall–Kier alpha value is -3.92. The van der Waals surface area contributed by atoms with Crippen LogP contribution in [0.15, 0.2) is 102 Å². The van der Waals surface area contributed by atoms with Crippen LogP contribution < -0.4 is 9.62 Å². The second-order valence-electron chi connectivity index (χ2n) is 11.0. The first-order valence-electron chi connectivity index (χ1n) is 14.9. The topological polar surface area (TPSA) is 86.8 Å². The number of anilines is 1. The van der Waals surface area contributed by atoms with Gasteiger partial charge in [-0.1, -0.05) is 96.7 Å². The Morgan fingerprint density at radius 2 is 1.50 bits per heavy atom. The van der Waals surface area contributed by atoms with Gasteiger partial charge in [-0.25, -0.2) is 12.8 Å². The van der Waals surface area contributed by atoms with Crippen molar-refractivity contribution in [2.24, 2.45) is 0 Å². The minimum atomic E-state index is -4.32. The Morgan fingerprint density at radius 3 is 2.11 bits per heavy atom. The molecule has 0 aliphatic carbocycles. The molecule has 242 valence electrons. The number of amides is 2. The van der Waals surface area contributed by atoms with Crippen LogP contribution in [0.4, 0.5) is 10.1 Å². The summed E-state index contributed by atoms with van der Waals surface area (Å²) in [5.41, 5.74) is 2.31. The summed E-state index contributed by atoms with van der Waals surface area (Å²) in [5, 5.41) is 3.30. The lowest BCUT2D eigenvalue weighted by atomic mass is 10.0. The molecule has 4 aromatic rings. The van der Waals surface area contributed by atoms with Crippen LogP contribution in [0, 0.1) is 12.7 Å². The van der Waals surface area contributed by atoms with E-state index in [2.05, 4.69) is 5.32 Å². The molecule has 0 aromatic heterocycles. The molecule has 0 heterocycles. The minimum Gasteiger partial charge on any atom is -0.354 e. The van der Waals surface area contributed by atoms with Crippen molar-refractivity contribution in [1.29, 1.82) is 0 Å². The fraction of sp³-hybridized carbons (Fsp3) is 0.257. The van der Waals surface area contributed by atoms with Gasteiger partial charge in [0.15, 0.2) is 0 Å². The zero-order valence-corrected chi connectivity index (χ0v) is 28.0. The number of hydrogen-bond donors (Lipinski definition) is 1. The summed E-state index contributed by atoms with van der Waals surface area (Å²) < 4.78 is 43.1. The second kappa shape index (κ2) is 16.1. The predicted octanol–water partition coefficient (Wildman–Crippen LogP) is 7.19. The molecule has 7 nitrogen and oxygen atoms in total. The van der Waals surface area contributed by atoms with Crippen molar-refractivity contribution in [3.05, 3.63) is 130 Å². The van der Waals surface area contributed by atoms with Gasteiger partial charge in [-0.15, -0.1) is 0 Å². The molecule has 0 fully saturated rings. The summed E-state index contributed by atoms with van der Waals surface area (Å²) >= 11 is 12.6. The number of carbonyl (C=O) groups is 2. The first-order valence-corrected chi connectivity index (χ1v) is 17.1. The normalized spacial score (nSPS) is 11.9. The zero-order valence-electron chi connectivity index (χ0n) is 25.6. The molecule has 2 amide bonds. The average Bonchev–Trinajstić information content (AvgIpc) is 3.02. The van der Waals surface area contributed by atoms with Crippen molar-refractivity contribution < 1.29 is 22.4 Å². The molecular weight excluding hydrogens is 648 g/mol. The summed E-state index contributed by atoms with van der Waals surface area (Å²) in [7, 11) is -4.32. The summed E-state index contributed by atoms with van der Waals surface area (Å²) in [6.07, 6.45) is 1.77. The number of unbranched alkanes of at least 4 members (excludes halogenated alkanes) is 1. The number of sulfonamides is 1. The van der Waals surface area contributed by atoms with Crippen LogP contribution in [0.25, 0.3) is 0 Å². The van der Waals surface area contributed by atoms with E-state index in [0.717, 1.165) is 28.3 Å². The van der Waals surface area contributed by atoms with Gasteiger partial charge in [0, 0.05) is 29.6 Å². The maximum Gasteiger partial charge on any atom is 0.264 e. The Labute approximate surface area is 280 Å². The molecule has 0 bridgehead atoms. The Balaban J connectivity index is 1.81. The van der Waals surface area contributed by atoms with E-state index in [9.17, 15) is 22.4 Å². The number of halogens is 3. The highest BCUT2D eigenvalue weighted by atomic mass is 35.5. The molecule has 1 atom stereocenters. The van der Waals surface area contributed by atoms with Crippen molar-refractivity contribution in [2.75, 3.05) is 17.4 Å². The number of carbonyl (C=O) groups excluding carboxylic acids is 2. The fourth-order valence-electron chi connectivity index (χ4n) is 4.90. The monoisotopic (exact) mass is 683 g/mol. The number of nitrogens with zero attached hydrogens (tertiary/aromatic N) is 2. The molecule has 1 N–H and O–H groups in total. The number of hydrogen-bond acceptors (Lipinski definition) is 4. The lowest BCUT2D eigenvalue weighted by Gasteiger charge is -2.34. The van der Waals surface area contributed by atoms with Crippen LogP contribution in [-0.4, -0.2) is 44.3 Å². The van der Waals surface area contributed by atoms with Crippen LogP contribution in [0.2, 0.25) is 10.0 Å². The van der Waals surface area contributed by atoms with Gasteiger partial charge >= 0.3 is 0 Å². The average molecular weight is 685 g/mol. The Kier molecular flexibility index (Phi) is 12.2. The predicted molar refractivity (Wildman–Crippen MR) is 181 cm³/mol. The highest BCUT2D eigenvalue weighted by Crippen LogP contribution is 2.30. The number of rotatable bonds is 14. The molecule has 0 aliphatic rings. The second-order valence-corrected chi connectivity index (χ2v) is 13.7. The highest BCUT2D eigenvalue weighted by molar-refractivity contribution is 7.92. The SMILES string of the molecule is CCCCNC(=O)[C@@H](Cc1ccccc1)N(Cc1ccc(F)cc1)C(=O)CN(c1cc(Cl)cc(Cl)c1)S(=O)(=O)c1ccc(C)cc1. The van der Waals surface area contributed by atoms with Crippen LogP contribution in [0.1, 0.15) is 36.5 Å². The molecule has 0 saturated heterocycles. The van der Waals surface area contributed by atoms with E-state index < -0.39 is 34.3 Å². The van der Waals surface area contributed by atoms with Gasteiger partial charge in [0.25, 0.3) is 10.0 Å². The molecule has 0 radical (unpaired) electrons. The summed E-state index contributed by atoms with van der Waals surface area (Å²) in [6.45, 7) is 3.51. The van der Waals surface area contributed by atoms with Crippen LogP contribution >= 0.6 is 23.2 Å². The summed E-state index contributed by atoms with van der Waals surface area (Å²) in [6, 6.07) is 24.4. The third kappa shape index (κ3) is 9.31. The summed E-state index contributed by atoms with van der Waals surface area (Å²) in [5.74, 6) is -1.48. The van der Waals surface area contributed by atoms with Crippen LogP contribution in [0.3, 0.4) is 0 Å². The largest absolute Gasteiger partial charge is 0.354 e. The third-order valence-electron chi connectivity index (χ3n) is 7.39. The van der Waals surface area contributed by atoms with Crippen LogP contribution in [-0.2, 0) is 32.6 Å². The molecule has 0 aliphatic heterocycles. The summed E-state index contributed by atoms with van der Waals surface area (Å²) in [4.78, 5) is 29.6. The van der Waals surface area contributed by atoms with Crippen molar-refractivity contribution in [2.45, 2.75) is 50.6 Å². The van der Waals surface area contributed by atoms with Gasteiger partial charge in [-0.3, -0.25) is 13.9 Å². The first-order chi connectivity index (χ1) is 22.0. The molecule has 0 unspecified atom stereocenters. The number of aryl methyl sites for hydroxylation is 1. The van der Waals surface area contributed by atoms with Crippen molar-refractivity contribution in [1.82, 2.24) is 10.2 Å². The lowest BCUT2D eigenvalue weighted by molar-refractivity contribution is -0.140. The Bertz CT molecular complexity index is 1720. The maximum atomic E-state index is 14.5. The Morgan fingerprint density at radius 1 is 0.870 bits per heavy atom. The molecule has 4 aromatic carbocycles. The minimum absolute atomic E-state index is 0.0368. The molecule has 11 heteroatoms. The van der Waals surface area contributed by atoms with Gasteiger partial charge in [-0.2, -0.15) is 0 Å². The smallest absolute Gasteiger partial charge is 0.264 e. The maximum absolute atomic E-state index is 14.5. The van der Waals surface area contributed by atoms with E-state index in [1.54, 1.807) is 12.1 Å². The standard InChI is InChI=1S/C35H36Cl2FN3O4S/c1-3-4-18-39-35(43)33(19-26-8-6-5-7-9-26)40(23-27-12-14-30(38)15-13-27)34(42)24-41(31-21-28(36)20-29(37)22-31)46(44,45)32-16-10-25(2)11-17-32/h5-17,20-22,33H,3-4,18-19,23-24H2,1-2H3,(H,39,43)/t33-/m1/s1. The van der Waals surface area contributed by atoms with Crippen molar-refractivity contribution in [3.63, 3.8) is 0 Å². The van der Waals surface area contributed by atoms with E-state index in [1.807, 2.05) is 44.2 Å². The third-order valence-corrected chi connectivity index (χ3v) is 9.61. The van der Waals surface area contributed by atoms with Gasteiger partial charge < -0.3 is 10.2 Å². The fourth-order valence-corrected chi connectivity index (χ4v) is 6.81. The molecule has 0 saturated carbocycles. The zero-order chi connectivity index (χ0) is 33.3. The van der Waals surface area contributed by atoms with E-state index in [1.165, 1.54) is 59.5 Å². The van der Waals surface area contributed by atoms with Crippen LogP contribution in [0.5, 0.6) is 0 Å². The highest BCUT2D eigenvalue weighted by Gasteiger charge is 2.34. The van der Waals surface area contributed by atoms with Gasteiger partial charge in [-0.05, 0) is 66.9 Å². The number of benzene rings is 4. The van der Waals surface area contributed by atoms with Gasteiger partial charge in [0.05, 0.1) is 10.6 Å². The van der Waals surface area contributed by atoms with E-state index >= 15 is 0 Å². The molecular formula is C35H36Cl2FN3O4S.